The summed E-state index contributed by atoms with van der Waals surface area (Å²) in [7, 11) is 1.96. The van der Waals surface area contributed by atoms with Crippen LogP contribution < -0.4 is 25.8 Å². The van der Waals surface area contributed by atoms with Crippen LogP contribution in [0.3, 0.4) is 0 Å². The number of fused-ring (bicyclic) bond motifs is 1. The Kier molecular flexibility index (Phi) is 14.7. The van der Waals surface area contributed by atoms with Gasteiger partial charge in [0.1, 0.15) is 23.7 Å². The second-order valence-corrected chi connectivity index (χ2v) is 15.4. The molecule has 0 aromatic carbocycles. The molecule has 3 aromatic heterocycles. The highest BCUT2D eigenvalue weighted by atomic mass is 127. The SMILES string of the molecule is CCn1cnnc1-c1cccc(N2Cc3c(cc(N(C)C(C)C)nc3CNCC(=O)NCCCCCCCC(=O)N[C@H](CI)C(C)(C)C)C2=O)n1. The van der Waals surface area contributed by atoms with Gasteiger partial charge in [-0.2, -0.15) is 0 Å². The summed E-state index contributed by atoms with van der Waals surface area (Å²) in [6.45, 7) is 14.7. The molecular weight excluding hydrogens is 759 g/mol. The van der Waals surface area contributed by atoms with Crippen LogP contribution in [0.25, 0.3) is 11.5 Å². The van der Waals surface area contributed by atoms with E-state index in [0.717, 1.165) is 47.8 Å². The average Bonchev–Trinajstić information content (AvgIpc) is 3.72. The summed E-state index contributed by atoms with van der Waals surface area (Å²) in [4.78, 5) is 52.3. The lowest BCUT2D eigenvalue weighted by Crippen LogP contribution is -2.44. The summed E-state index contributed by atoms with van der Waals surface area (Å²) in [5.41, 5.74) is 2.85. The van der Waals surface area contributed by atoms with E-state index < -0.39 is 0 Å². The first-order valence-electron chi connectivity index (χ1n) is 18.1. The molecule has 4 rings (SSSR count). The highest BCUT2D eigenvalue weighted by Crippen LogP contribution is 2.32. The minimum atomic E-state index is -0.139. The molecule has 1 aliphatic rings. The molecule has 0 saturated carbocycles. The summed E-state index contributed by atoms with van der Waals surface area (Å²) in [5, 5.41) is 17.7. The Morgan fingerprint density at radius 3 is 2.51 bits per heavy atom. The molecule has 13 nitrogen and oxygen atoms in total. The molecule has 3 N–H and O–H groups in total. The second-order valence-electron chi connectivity index (χ2n) is 14.5. The van der Waals surface area contributed by atoms with Crippen molar-refractivity contribution in [3.05, 3.63) is 47.4 Å². The molecule has 0 spiro atoms. The van der Waals surface area contributed by atoms with Crippen molar-refractivity contribution in [1.29, 1.82) is 0 Å². The first-order valence-corrected chi connectivity index (χ1v) is 19.6. The number of halogens is 1. The molecule has 0 saturated heterocycles. The van der Waals surface area contributed by atoms with E-state index >= 15 is 0 Å². The van der Waals surface area contributed by atoms with Gasteiger partial charge in [-0.05, 0) is 57.2 Å². The third-order valence-electron chi connectivity index (χ3n) is 9.34. The summed E-state index contributed by atoms with van der Waals surface area (Å²) < 4.78 is 2.81. The van der Waals surface area contributed by atoms with E-state index in [1.165, 1.54) is 0 Å². The van der Waals surface area contributed by atoms with Crippen LogP contribution in [0.2, 0.25) is 0 Å². The Morgan fingerprint density at radius 2 is 1.80 bits per heavy atom. The van der Waals surface area contributed by atoms with E-state index in [2.05, 4.69) is 83.4 Å². The number of rotatable bonds is 19. The van der Waals surface area contributed by atoms with Crippen LogP contribution in [0.4, 0.5) is 11.6 Å². The fourth-order valence-electron chi connectivity index (χ4n) is 5.79. The molecule has 0 fully saturated rings. The van der Waals surface area contributed by atoms with Crippen LogP contribution in [0.15, 0.2) is 30.6 Å². The Balaban J connectivity index is 1.27. The van der Waals surface area contributed by atoms with Gasteiger partial charge in [0.2, 0.25) is 11.8 Å². The number of amides is 3. The predicted octanol–water partition coefficient (Wildman–Crippen LogP) is 5.27. The van der Waals surface area contributed by atoms with E-state index in [0.29, 0.717) is 61.3 Å². The van der Waals surface area contributed by atoms with Crippen molar-refractivity contribution in [2.45, 2.75) is 112 Å². The highest BCUT2D eigenvalue weighted by molar-refractivity contribution is 14.1. The van der Waals surface area contributed by atoms with E-state index in [1.54, 1.807) is 11.2 Å². The van der Waals surface area contributed by atoms with E-state index in [4.69, 9.17) is 9.97 Å². The van der Waals surface area contributed by atoms with Crippen LogP contribution in [0.5, 0.6) is 0 Å². The fraction of sp³-hybridized carbons (Fsp3) is 0.595. The van der Waals surface area contributed by atoms with Crippen molar-refractivity contribution in [2.24, 2.45) is 5.41 Å². The fourth-order valence-corrected chi connectivity index (χ4v) is 7.33. The summed E-state index contributed by atoms with van der Waals surface area (Å²) in [6.07, 6.45) is 7.02. The number of carbonyl (C=O) groups excluding carboxylic acids is 3. The van der Waals surface area contributed by atoms with Crippen molar-refractivity contribution in [3.8, 4) is 11.5 Å². The van der Waals surface area contributed by atoms with Crippen LogP contribution in [-0.4, -0.2) is 79.1 Å². The zero-order valence-corrected chi connectivity index (χ0v) is 33.4. The standard InChI is InChI=1S/C37H55IN10O3/c1-8-47-24-41-45-35(47)28-15-14-16-31(42-28)48-23-27-26(36(48)51)19-32(46(7)25(2)3)43-29(27)21-39-22-34(50)40-18-13-11-9-10-12-17-33(49)44-30(20-38)37(4,5)6/h14-16,19,24-25,30,39H,8-13,17-18,20-23H2,1-7H3,(H,40,50)(H,44,49)/t30-/m1/s1. The van der Waals surface area contributed by atoms with Gasteiger partial charge in [-0.1, -0.05) is 68.7 Å². The number of pyridine rings is 2. The van der Waals surface area contributed by atoms with Gasteiger partial charge >= 0.3 is 0 Å². The van der Waals surface area contributed by atoms with Crippen LogP contribution in [0.1, 0.15) is 102 Å². The van der Waals surface area contributed by atoms with Crippen molar-refractivity contribution >= 4 is 51.9 Å². The topological polar surface area (TPSA) is 150 Å². The first kappa shape index (κ1) is 40.1. The van der Waals surface area contributed by atoms with Gasteiger partial charge < -0.3 is 25.4 Å². The summed E-state index contributed by atoms with van der Waals surface area (Å²) in [6, 6.07) is 7.77. The van der Waals surface area contributed by atoms with Crippen LogP contribution in [0, 0.1) is 5.41 Å². The molecule has 51 heavy (non-hydrogen) atoms. The summed E-state index contributed by atoms with van der Waals surface area (Å²) in [5.74, 6) is 1.79. The molecule has 1 atom stereocenters. The minimum absolute atomic E-state index is 0.0524. The number of unbranched alkanes of at least 4 members (excludes halogenated alkanes) is 4. The number of nitrogens with one attached hydrogen (secondary N) is 3. The molecule has 278 valence electrons. The highest BCUT2D eigenvalue weighted by Gasteiger charge is 2.33. The molecule has 1 aliphatic heterocycles. The van der Waals surface area contributed by atoms with Gasteiger partial charge in [0.15, 0.2) is 5.82 Å². The van der Waals surface area contributed by atoms with E-state index in [-0.39, 0.29) is 41.8 Å². The maximum atomic E-state index is 13.8. The zero-order valence-electron chi connectivity index (χ0n) is 31.3. The smallest absolute Gasteiger partial charge is 0.260 e. The second kappa shape index (κ2) is 18.7. The van der Waals surface area contributed by atoms with Gasteiger partial charge in [-0.15, -0.1) is 10.2 Å². The van der Waals surface area contributed by atoms with Crippen molar-refractivity contribution < 1.29 is 14.4 Å². The van der Waals surface area contributed by atoms with Gasteiger partial charge in [-0.25, -0.2) is 9.97 Å². The predicted molar refractivity (Wildman–Crippen MR) is 210 cm³/mol. The number of carbonyl (C=O) groups is 3. The van der Waals surface area contributed by atoms with Crippen molar-refractivity contribution in [2.75, 3.05) is 34.4 Å². The Hall–Kier alpha value is -3.66. The minimum Gasteiger partial charge on any atom is -0.357 e. The average molecular weight is 815 g/mol. The molecule has 0 aliphatic carbocycles. The van der Waals surface area contributed by atoms with Crippen LogP contribution >= 0.6 is 22.6 Å². The number of hydrogen-bond donors (Lipinski definition) is 3. The lowest BCUT2D eigenvalue weighted by molar-refractivity contribution is -0.122. The van der Waals surface area contributed by atoms with Gasteiger partial charge in [-0.3, -0.25) is 19.3 Å². The van der Waals surface area contributed by atoms with E-state index in [9.17, 15) is 14.4 Å². The summed E-state index contributed by atoms with van der Waals surface area (Å²) >= 11 is 2.33. The molecule has 4 heterocycles. The van der Waals surface area contributed by atoms with Crippen molar-refractivity contribution in [3.63, 3.8) is 0 Å². The number of aromatic nitrogens is 5. The lowest BCUT2D eigenvalue weighted by Gasteiger charge is -2.30. The molecule has 0 radical (unpaired) electrons. The number of hydrogen-bond acceptors (Lipinski definition) is 9. The number of alkyl halides is 1. The molecule has 0 unspecified atom stereocenters. The normalized spacial score (nSPS) is 13.4. The molecule has 14 heteroatoms. The third kappa shape index (κ3) is 10.9. The van der Waals surface area contributed by atoms with Gasteiger partial charge in [0.05, 0.1) is 24.3 Å². The van der Waals surface area contributed by atoms with E-state index in [1.807, 2.05) is 47.7 Å². The van der Waals surface area contributed by atoms with Crippen LogP contribution in [-0.2, 0) is 29.2 Å². The molecular formula is C37H55IN10O3. The maximum Gasteiger partial charge on any atom is 0.260 e. The molecule has 3 aromatic rings. The Labute approximate surface area is 316 Å². The zero-order chi connectivity index (χ0) is 37.1. The Bertz CT molecular complexity index is 1640. The number of nitrogens with zero attached hydrogens (tertiary/aromatic N) is 7. The molecule has 0 bridgehead atoms. The third-order valence-corrected chi connectivity index (χ3v) is 10.2. The lowest BCUT2D eigenvalue weighted by atomic mass is 9.88. The number of anilines is 2. The number of aryl methyl sites for hydroxylation is 1. The van der Waals surface area contributed by atoms with Gasteiger partial charge in [0.25, 0.3) is 5.91 Å². The monoisotopic (exact) mass is 814 g/mol. The molecule has 3 amide bonds. The quantitative estimate of drug-likeness (QED) is 0.0836. The van der Waals surface area contributed by atoms with Crippen molar-refractivity contribution in [1.82, 2.24) is 40.7 Å². The largest absolute Gasteiger partial charge is 0.357 e. The first-order chi connectivity index (χ1) is 24.3. The maximum absolute atomic E-state index is 13.8. The van der Waals surface area contributed by atoms with Gasteiger partial charge in [0, 0.05) is 55.2 Å². The Morgan fingerprint density at radius 1 is 1.06 bits per heavy atom.